The summed E-state index contributed by atoms with van der Waals surface area (Å²) in [5.41, 5.74) is -0.744. The third-order valence-corrected chi connectivity index (χ3v) is 5.92. The third-order valence-electron chi connectivity index (χ3n) is 5.92. The van der Waals surface area contributed by atoms with Crippen LogP contribution in [-0.4, -0.2) is 53.7 Å². The summed E-state index contributed by atoms with van der Waals surface area (Å²) in [6.07, 6.45) is 5.38. The zero-order chi connectivity index (χ0) is 23.4. The minimum atomic E-state index is -0.385. The molecule has 0 aromatic heterocycles. The fourth-order valence-corrected chi connectivity index (χ4v) is 2.90. The van der Waals surface area contributed by atoms with Gasteiger partial charge in [0.1, 0.15) is 5.78 Å². The predicted molar refractivity (Wildman–Crippen MR) is 118 cm³/mol. The zero-order valence-corrected chi connectivity index (χ0v) is 19.8. The number of imide groups is 1. The number of nitrogens with one attached hydrogen (secondary N) is 1. The van der Waals surface area contributed by atoms with Crippen molar-refractivity contribution in [1.29, 1.82) is 0 Å². The second-order valence-electron chi connectivity index (χ2n) is 7.88. The van der Waals surface area contributed by atoms with Gasteiger partial charge in [-0.3, -0.25) is 24.1 Å². The van der Waals surface area contributed by atoms with Gasteiger partial charge in [-0.1, -0.05) is 34.6 Å². The van der Waals surface area contributed by atoms with E-state index < -0.39 is 0 Å². The van der Waals surface area contributed by atoms with E-state index in [0.717, 1.165) is 17.7 Å². The van der Waals surface area contributed by atoms with E-state index in [1.165, 1.54) is 12.2 Å². The van der Waals surface area contributed by atoms with E-state index in [-0.39, 0.29) is 47.5 Å². The molecule has 0 aromatic rings. The lowest BCUT2D eigenvalue weighted by Crippen LogP contribution is -2.38. The van der Waals surface area contributed by atoms with Gasteiger partial charge in [0.2, 0.25) is 5.91 Å². The van der Waals surface area contributed by atoms with Gasteiger partial charge in [-0.2, -0.15) is 0 Å². The summed E-state index contributed by atoms with van der Waals surface area (Å²) in [7, 11) is 0. The van der Waals surface area contributed by atoms with Crippen molar-refractivity contribution in [3.05, 3.63) is 12.2 Å². The highest BCUT2D eigenvalue weighted by Gasteiger charge is 2.30. The summed E-state index contributed by atoms with van der Waals surface area (Å²) >= 11 is 0. The molecule has 0 radical (unpaired) electrons. The first-order valence-corrected chi connectivity index (χ1v) is 11.0. The summed E-state index contributed by atoms with van der Waals surface area (Å²) in [5, 5.41) is 2.82. The van der Waals surface area contributed by atoms with E-state index in [0.29, 0.717) is 26.0 Å². The van der Waals surface area contributed by atoms with Gasteiger partial charge in [0.25, 0.3) is 11.8 Å². The third kappa shape index (κ3) is 8.78. The Kier molecular flexibility index (Phi) is 12.4. The van der Waals surface area contributed by atoms with E-state index >= 15 is 0 Å². The van der Waals surface area contributed by atoms with Crippen molar-refractivity contribution in [2.75, 3.05) is 19.7 Å². The van der Waals surface area contributed by atoms with Crippen molar-refractivity contribution >= 4 is 23.5 Å². The smallest absolute Gasteiger partial charge is 0.253 e. The molecule has 1 aliphatic heterocycles. The van der Waals surface area contributed by atoms with Gasteiger partial charge in [0, 0.05) is 43.7 Å². The second kappa shape index (κ2) is 13.3. The van der Waals surface area contributed by atoms with E-state index in [1.54, 1.807) is 6.92 Å². The molecule has 7 nitrogen and oxygen atoms in total. The molecular weight excluding hydrogens is 384 g/mol. The maximum absolute atomic E-state index is 12.0. The van der Waals surface area contributed by atoms with Crippen molar-refractivity contribution in [3.63, 3.8) is 0 Å². The van der Waals surface area contributed by atoms with Gasteiger partial charge < -0.3 is 10.1 Å². The minimum Gasteiger partial charge on any atom is -0.375 e. The average molecular weight is 425 g/mol. The molecule has 0 saturated heterocycles. The Hall–Kier alpha value is -2.02. The number of rotatable bonds is 13. The summed E-state index contributed by atoms with van der Waals surface area (Å²) < 4.78 is 6.07. The van der Waals surface area contributed by atoms with Gasteiger partial charge >= 0.3 is 0 Å². The van der Waals surface area contributed by atoms with Gasteiger partial charge in [-0.25, -0.2) is 0 Å². The lowest BCUT2D eigenvalue weighted by atomic mass is 9.80. The number of amides is 3. The number of Topliss-reactive ketones (excluding diaryl/α,β-unsaturated/α-hetero) is 1. The lowest BCUT2D eigenvalue weighted by molar-refractivity contribution is -0.137. The lowest BCUT2D eigenvalue weighted by Gasteiger charge is -2.32. The minimum absolute atomic E-state index is 0.0797. The van der Waals surface area contributed by atoms with Crippen molar-refractivity contribution in [3.8, 4) is 0 Å². The molecule has 1 N–H and O–H groups in total. The van der Waals surface area contributed by atoms with Crippen LogP contribution in [0.3, 0.4) is 0 Å². The first-order valence-electron chi connectivity index (χ1n) is 11.0. The van der Waals surface area contributed by atoms with Gasteiger partial charge in [-0.15, -0.1) is 0 Å². The van der Waals surface area contributed by atoms with Crippen LogP contribution in [0.25, 0.3) is 0 Å². The number of ketones is 1. The molecule has 3 amide bonds. The molecule has 172 valence electrons. The quantitative estimate of drug-likeness (QED) is 0.457. The van der Waals surface area contributed by atoms with Crippen LogP contribution in [0.2, 0.25) is 0 Å². The Morgan fingerprint density at radius 3 is 2.07 bits per heavy atom. The van der Waals surface area contributed by atoms with Crippen LogP contribution in [0, 0.1) is 5.41 Å². The largest absolute Gasteiger partial charge is 0.375 e. The van der Waals surface area contributed by atoms with Crippen LogP contribution in [0.4, 0.5) is 0 Å². The molecule has 1 heterocycles. The number of carbonyl (C=O) groups excluding carboxylic acids is 4. The highest BCUT2D eigenvalue weighted by Crippen LogP contribution is 2.28. The maximum Gasteiger partial charge on any atom is 0.253 e. The van der Waals surface area contributed by atoms with Gasteiger partial charge in [0.05, 0.1) is 5.60 Å². The molecule has 1 aliphatic rings. The van der Waals surface area contributed by atoms with Gasteiger partial charge in [0.15, 0.2) is 0 Å². The van der Waals surface area contributed by atoms with Crippen LogP contribution in [0.1, 0.15) is 80.6 Å². The Labute approximate surface area is 181 Å². The molecule has 2 atom stereocenters. The number of carbonyl (C=O) groups is 4. The highest BCUT2D eigenvalue weighted by atomic mass is 16.5. The number of nitrogens with zero attached hydrogens (tertiary/aromatic N) is 1. The molecule has 30 heavy (non-hydrogen) atoms. The van der Waals surface area contributed by atoms with Crippen molar-refractivity contribution in [2.24, 2.45) is 5.41 Å². The molecule has 1 rings (SSSR count). The van der Waals surface area contributed by atoms with Crippen LogP contribution in [0.5, 0.6) is 0 Å². The molecule has 0 aromatic carbocycles. The topological polar surface area (TPSA) is 92.8 Å². The first kappa shape index (κ1) is 28.0. The SMILES string of the molecule is CC.CCC(C)(CCNC(=O)CCN1C(=O)C=CC1=O)OCCC(C)(CC)C(C)=O. The van der Waals surface area contributed by atoms with E-state index in [1.807, 2.05) is 41.5 Å². The molecule has 0 spiro atoms. The molecule has 0 bridgehead atoms. The van der Waals surface area contributed by atoms with Crippen LogP contribution < -0.4 is 5.32 Å². The molecule has 0 saturated carbocycles. The first-order chi connectivity index (χ1) is 14.1. The Balaban J connectivity index is 0.00000407. The summed E-state index contributed by atoms with van der Waals surface area (Å²) in [4.78, 5) is 47.8. The fraction of sp³-hybridized carbons (Fsp3) is 0.739. The summed E-state index contributed by atoms with van der Waals surface area (Å²) in [6, 6.07) is 0. The van der Waals surface area contributed by atoms with E-state index in [9.17, 15) is 19.2 Å². The highest BCUT2D eigenvalue weighted by molar-refractivity contribution is 6.13. The van der Waals surface area contributed by atoms with Gasteiger partial charge in [-0.05, 0) is 39.5 Å². The Bertz CT molecular complexity index is 613. The Morgan fingerprint density at radius 2 is 1.60 bits per heavy atom. The van der Waals surface area contributed by atoms with E-state index in [2.05, 4.69) is 5.32 Å². The predicted octanol–water partition coefficient (Wildman–Crippen LogP) is 3.41. The molecule has 2 unspecified atom stereocenters. The monoisotopic (exact) mass is 424 g/mol. The molecule has 7 heteroatoms. The van der Waals surface area contributed by atoms with Crippen molar-refractivity contribution in [1.82, 2.24) is 10.2 Å². The number of ether oxygens (including phenoxy) is 1. The standard InChI is InChI=1S/C21H34N2O5.C2H6/c1-6-20(4,16(3)24)12-15-28-21(5,7-2)11-13-22-17(25)10-14-23-18(26)8-9-19(23)27;1-2/h8-9H,6-7,10-15H2,1-5H3,(H,22,25);1-2H3. The van der Waals surface area contributed by atoms with Crippen molar-refractivity contribution < 1.29 is 23.9 Å². The van der Waals surface area contributed by atoms with Crippen LogP contribution in [-0.2, 0) is 23.9 Å². The number of hydrogen-bond donors (Lipinski definition) is 1. The van der Waals surface area contributed by atoms with Crippen LogP contribution >= 0.6 is 0 Å². The Morgan fingerprint density at radius 1 is 1.03 bits per heavy atom. The van der Waals surface area contributed by atoms with Crippen molar-refractivity contribution in [2.45, 2.75) is 86.2 Å². The summed E-state index contributed by atoms with van der Waals surface area (Å²) in [6.45, 7) is 14.7. The maximum atomic E-state index is 12.0. The fourth-order valence-electron chi connectivity index (χ4n) is 2.90. The normalized spacial score (nSPS) is 17.1. The average Bonchev–Trinajstić information content (AvgIpc) is 3.05. The molecular formula is C23H40N2O5. The van der Waals surface area contributed by atoms with E-state index in [4.69, 9.17) is 4.74 Å². The van der Waals surface area contributed by atoms with Crippen LogP contribution in [0.15, 0.2) is 12.2 Å². The zero-order valence-electron chi connectivity index (χ0n) is 19.8. The summed E-state index contributed by atoms with van der Waals surface area (Å²) in [5.74, 6) is -0.792. The number of hydrogen-bond acceptors (Lipinski definition) is 5. The molecule has 0 aliphatic carbocycles. The molecule has 0 fully saturated rings. The second-order valence-corrected chi connectivity index (χ2v) is 7.88.